The number of ether oxygens (including phenoxy) is 2. The second kappa shape index (κ2) is 32.2. The highest BCUT2D eigenvalue weighted by atomic mass is 16.6. The summed E-state index contributed by atoms with van der Waals surface area (Å²) < 4.78 is 10.2. The molecule has 0 radical (unpaired) electrons. The lowest BCUT2D eigenvalue weighted by molar-refractivity contribution is -0.152. The molecule has 0 amide bonds. The molecule has 0 aromatic heterocycles. The molecule has 6 heteroatoms. The van der Waals surface area contributed by atoms with Gasteiger partial charge in [-0.3, -0.25) is 9.59 Å². The van der Waals surface area contributed by atoms with Crippen molar-refractivity contribution in [2.45, 2.75) is 161 Å². The SMILES string of the molecule is CCC(C)CCCCCCCCCCC(=O)OC[C@H](O)COC(=O)CCC/C=C\C/C=C\C/C=C\C/C=C\CC[C@@H](O)CC. The Bertz CT molecular complexity index is 784. The minimum Gasteiger partial charge on any atom is -0.463 e. The fourth-order valence-electron chi connectivity index (χ4n) is 4.50. The highest BCUT2D eigenvalue weighted by Crippen LogP contribution is 2.15. The molecule has 0 fully saturated rings. The molecule has 6 nitrogen and oxygen atoms in total. The minimum absolute atomic E-state index is 0.142. The summed E-state index contributed by atoms with van der Waals surface area (Å²) in [5.41, 5.74) is 0. The standard InChI is InChI=1S/C38H66O6/c1-4-34(3)28-24-20-16-14-15-19-23-27-31-38(42)44-33-36(40)32-43-37(41)30-26-22-18-13-11-9-7-6-8-10-12-17-21-25-29-35(39)5-2/h7-10,13,17-18,21,34-36,39-40H,4-6,11-12,14-16,19-20,22-33H2,1-3H3/b9-7-,10-8-,18-13-,21-17-/t34?,35-,36+/m0/s1. The molecule has 0 heterocycles. The lowest BCUT2D eigenvalue weighted by Gasteiger charge is -2.12. The van der Waals surface area contributed by atoms with Crippen molar-refractivity contribution in [1.82, 2.24) is 0 Å². The van der Waals surface area contributed by atoms with Crippen LogP contribution >= 0.6 is 0 Å². The van der Waals surface area contributed by atoms with Gasteiger partial charge < -0.3 is 19.7 Å². The van der Waals surface area contributed by atoms with Crippen molar-refractivity contribution >= 4 is 11.9 Å². The monoisotopic (exact) mass is 618 g/mol. The summed E-state index contributed by atoms with van der Waals surface area (Å²) in [6, 6.07) is 0. The van der Waals surface area contributed by atoms with Gasteiger partial charge in [-0.1, -0.05) is 127 Å². The van der Waals surface area contributed by atoms with E-state index in [1.807, 2.05) is 6.92 Å². The van der Waals surface area contributed by atoms with E-state index in [9.17, 15) is 19.8 Å². The second-order valence-corrected chi connectivity index (χ2v) is 12.0. The van der Waals surface area contributed by atoms with Gasteiger partial charge in [0.2, 0.25) is 0 Å². The quantitative estimate of drug-likeness (QED) is 0.0473. The van der Waals surface area contributed by atoms with E-state index in [1.54, 1.807) is 0 Å². The predicted octanol–water partition coefficient (Wildman–Crippen LogP) is 9.50. The summed E-state index contributed by atoms with van der Waals surface area (Å²) >= 11 is 0. The molecule has 1 unspecified atom stereocenters. The number of esters is 2. The van der Waals surface area contributed by atoms with Crippen LogP contribution in [0.5, 0.6) is 0 Å². The molecule has 0 aromatic rings. The number of carbonyl (C=O) groups is 2. The molecule has 0 saturated heterocycles. The molecule has 0 aliphatic rings. The van der Waals surface area contributed by atoms with E-state index in [1.165, 1.54) is 44.9 Å². The number of aliphatic hydroxyl groups is 2. The molecule has 44 heavy (non-hydrogen) atoms. The van der Waals surface area contributed by atoms with Crippen LogP contribution in [-0.4, -0.2) is 47.6 Å². The van der Waals surface area contributed by atoms with Crippen molar-refractivity contribution < 1.29 is 29.3 Å². The van der Waals surface area contributed by atoms with Crippen molar-refractivity contribution in [2.24, 2.45) is 5.92 Å². The molecule has 0 aliphatic carbocycles. The highest BCUT2D eigenvalue weighted by Gasteiger charge is 2.12. The fourth-order valence-corrected chi connectivity index (χ4v) is 4.50. The fraction of sp³-hybridized carbons (Fsp3) is 0.737. The number of hydrogen-bond acceptors (Lipinski definition) is 6. The van der Waals surface area contributed by atoms with E-state index in [-0.39, 0.29) is 31.3 Å². The molecule has 0 spiro atoms. The first-order chi connectivity index (χ1) is 21.4. The second-order valence-electron chi connectivity index (χ2n) is 12.0. The van der Waals surface area contributed by atoms with Gasteiger partial charge in [0.25, 0.3) is 0 Å². The van der Waals surface area contributed by atoms with E-state index >= 15 is 0 Å². The zero-order valence-corrected chi connectivity index (χ0v) is 28.4. The van der Waals surface area contributed by atoms with Gasteiger partial charge in [0.05, 0.1) is 6.10 Å². The van der Waals surface area contributed by atoms with Crippen LogP contribution in [0.3, 0.4) is 0 Å². The lowest BCUT2D eigenvalue weighted by atomic mass is 9.99. The molecule has 0 aliphatic heterocycles. The Labute approximate surface area is 270 Å². The molecule has 0 bridgehead atoms. The van der Waals surface area contributed by atoms with E-state index in [0.717, 1.165) is 70.1 Å². The number of unbranched alkanes of at least 4 members (excludes halogenated alkanes) is 8. The Balaban J connectivity index is 3.60. The highest BCUT2D eigenvalue weighted by molar-refractivity contribution is 5.69. The third-order valence-electron chi connectivity index (χ3n) is 7.77. The smallest absolute Gasteiger partial charge is 0.305 e. The van der Waals surface area contributed by atoms with Crippen molar-refractivity contribution in [2.75, 3.05) is 13.2 Å². The van der Waals surface area contributed by atoms with Crippen LogP contribution in [0.25, 0.3) is 0 Å². The molecular formula is C38H66O6. The third kappa shape index (κ3) is 31.3. The number of hydrogen-bond donors (Lipinski definition) is 2. The third-order valence-corrected chi connectivity index (χ3v) is 7.77. The first-order valence-electron chi connectivity index (χ1n) is 17.7. The van der Waals surface area contributed by atoms with Gasteiger partial charge in [-0.2, -0.15) is 0 Å². The van der Waals surface area contributed by atoms with Gasteiger partial charge in [-0.25, -0.2) is 0 Å². The van der Waals surface area contributed by atoms with E-state index in [2.05, 4.69) is 62.5 Å². The summed E-state index contributed by atoms with van der Waals surface area (Å²) in [6.45, 7) is 6.29. The largest absolute Gasteiger partial charge is 0.463 e. The molecule has 3 atom stereocenters. The van der Waals surface area contributed by atoms with Crippen LogP contribution in [0.4, 0.5) is 0 Å². The average Bonchev–Trinajstić information content (AvgIpc) is 3.02. The average molecular weight is 619 g/mol. The predicted molar refractivity (Wildman–Crippen MR) is 183 cm³/mol. The summed E-state index contributed by atoms with van der Waals surface area (Å²) in [5, 5.41) is 19.5. The number of allylic oxidation sites excluding steroid dienone is 8. The van der Waals surface area contributed by atoms with E-state index < -0.39 is 6.10 Å². The molecular weight excluding hydrogens is 552 g/mol. The zero-order valence-electron chi connectivity index (χ0n) is 28.4. The summed E-state index contributed by atoms with van der Waals surface area (Å²) in [5.74, 6) is 0.200. The van der Waals surface area contributed by atoms with Gasteiger partial charge in [-0.05, 0) is 63.7 Å². The first-order valence-corrected chi connectivity index (χ1v) is 17.7. The van der Waals surface area contributed by atoms with Crippen LogP contribution in [0, 0.1) is 5.92 Å². The Hall–Kier alpha value is -2.18. The molecule has 0 aromatic carbocycles. The van der Waals surface area contributed by atoms with Gasteiger partial charge in [0.1, 0.15) is 19.3 Å². The zero-order chi connectivity index (χ0) is 32.5. The molecule has 0 rings (SSSR count). The summed E-state index contributed by atoms with van der Waals surface area (Å²) in [6.07, 6.45) is 35.3. The summed E-state index contributed by atoms with van der Waals surface area (Å²) in [7, 11) is 0. The van der Waals surface area contributed by atoms with Gasteiger partial charge in [-0.15, -0.1) is 0 Å². The minimum atomic E-state index is -0.994. The van der Waals surface area contributed by atoms with Crippen LogP contribution in [0.15, 0.2) is 48.6 Å². The van der Waals surface area contributed by atoms with Crippen molar-refractivity contribution in [3.05, 3.63) is 48.6 Å². The van der Waals surface area contributed by atoms with Crippen LogP contribution < -0.4 is 0 Å². The number of aliphatic hydroxyl groups excluding tert-OH is 2. The Morgan fingerprint density at radius 2 is 1.00 bits per heavy atom. The maximum absolute atomic E-state index is 11.9. The van der Waals surface area contributed by atoms with Crippen LogP contribution in [0.2, 0.25) is 0 Å². The van der Waals surface area contributed by atoms with Gasteiger partial charge in [0.15, 0.2) is 0 Å². The molecule has 2 N–H and O–H groups in total. The Morgan fingerprint density at radius 3 is 1.52 bits per heavy atom. The van der Waals surface area contributed by atoms with E-state index in [0.29, 0.717) is 19.3 Å². The first kappa shape index (κ1) is 41.8. The molecule has 254 valence electrons. The summed E-state index contributed by atoms with van der Waals surface area (Å²) in [4.78, 5) is 23.8. The van der Waals surface area contributed by atoms with Crippen molar-refractivity contribution in [3.8, 4) is 0 Å². The van der Waals surface area contributed by atoms with E-state index in [4.69, 9.17) is 9.47 Å². The molecule has 0 saturated carbocycles. The number of carbonyl (C=O) groups excluding carboxylic acids is 2. The number of rotatable bonds is 30. The Morgan fingerprint density at radius 1 is 0.545 bits per heavy atom. The maximum Gasteiger partial charge on any atom is 0.305 e. The maximum atomic E-state index is 11.9. The van der Waals surface area contributed by atoms with Gasteiger partial charge in [0, 0.05) is 12.8 Å². The van der Waals surface area contributed by atoms with Crippen LogP contribution in [-0.2, 0) is 19.1 Å². The van der Waals surface area contributed by atoms with Crippen molar-refractivity contribution in [1.29, 1.82) is 0 Å². The normalized spacial score (nSPS) is 14.2. The topological polar surface area (TPSA) is 93.1 Å². The lowest BCUT2D eigenvalue weighted by Crippen LogP contribution is -2.25. The van der Waals surface area contributed by atoms with Crippen molar-refractivity contribution in [3.63, 3.8) is 0 Å². The Kier molecular flexibility index (Phi) is 30.6. The van der Waals surface area contributed by atoms with Gasteiger partial charge >= 0.3 is 11.9 Å². The van der Waals surface area contributed by atoms with Crippen LogP contribution in [0.1, 0.15) is 149 Å².